The van der Waals surface area contributed by atoms with Crippen LogP contribution in [0.25, 0.3) is 11.0 Å². The fourth-order valence-corrected chi connectivity index (χ4v) is 3.51. The SMILES string of the molecule is N#Cc1ccc2ncn(C[C@H]3CCC[C@@]4(CO4)C3)c2c1. The zero-order chi connectivity index (χ0) is 13.6. The summed E-state index contributed by atoms with van der Waals surface area (Å²) in [7, 11) is 0. The van der Waals surface area contributed by atoms with E-state index in [4.69, 9.17) is 10.00 Å². The monoisotopic (exact) mass is 267 g/mol. The highest BCUT2D eigenvalue weighted by Crippen LogP contribution is 2.44. The second kappa shape index (κ2) is 4.32. The molecule has 4 heteroatoms. The third-order valence-corrected chi connectivity index (χ3v) is 4.66. The van der Waals surface area contributed by atoms with Gasteiger partial charge >= 0.3 is 0 Å². The molecule has 2 atom stereocenters. The van der Waals surface area contributed by atoms with Crippen molar-refractivity contribution < 1.29 is 4.74 Å². The molecular formula is C16H17N3O. The zero-order valence-electron chi connectivity index (χ0n) is 11.4. The highest BCUT2D eigenvalue weighted by molar-refractivity contribution is 5.76. The molecule has 0 radical (unpaired) electrons. The molecule has 0 bridgehead atoms. The first-order chi connectivity index (χ1) is 9.78. The Morgan fingerprint density at radius 1 is 1.50 bits per heavy atom. The molecule has 2 aromatic rings. The van der Waals surface area contributed by atoms with Gasteiger partial charge in [-0.2, -0.15) is 5.26 Å². The summed E-state index contributed by atoms with van der Waals surface area (Å²) >= 11 is 0. The first-order valence-corrected chi connectivity index (χ1v) is 7.27. The van der Waals surface area contributed by atoms with Crippen molar-refractivity contribution >= 4 is 11.0 Å². The Balaban J connectivity index is 1.60. The summed E-state index contributed by atoms with van der Waals surface area (Å²) in [6.45, 7) is 1.93. The van der Waals surface area contributed by atoms with Crippen molar-refractivity contribution in [1.82, 2.24) is 9.55 Å². The van der Waals surface area contributed by atoms with Crippen LogP contribution in [0.15, 0.2) is 24.5 Å². The van der Waals surface area contributed by atoms with Crippen molar-refractivity contribution in [3.05, 3.63) is 30.1 Å². The van der Waals surface area contributed by atoms with Crippen LogP contribution in [0.4, 0.5) is 0 Å². The van der Waals surface area contributed by atoms with Gasteiger partial charge in [-0.25, -0.2) is 4.98 Å². The Kier molecular flexibility index (Phi) is 2.58. The van der Waals surface area contributed by atoms with Crippen LogP contribution >= 0.6 is 0 Å². The molecule has 2 aliphatic rings. The third-order valence-electron chi connectivity index (χ3n) is 4.66. The van der Waals surface area contributed by atoms with Crippen LogP contribution in [0, 0.1) is 17.2 Å². The van der Waals surface area contributed by atoms with Crippen LogP contribution in [-0.4, -0.2) is 21.8 Å². The first-order valence-electron chi connectivity index (χ1n) is 7.27. The van der Waals surface area contributed by atoms with Crippen molar-refractivity contribution in [2.45, 2.75) is 37.8 Å². The Morgan fingerprint density at radius 2 is 2.40 bits per heavy atom. The summed E-state index contributed by atoms with van der Waals surface area (Å²) in [5.41, 5.74) is 2.96. The Bertz CT molecular complexity index is 693. The maximum absolute atomic E-state index is 9.03. The number of aromatic nitrogens is 2. The summed E-state index contributed by atoms with van der Waals surface area (Å²) in [4.78, 5) is 4.43. The van der Waals surface area contributed by atoms with Gasteiger partial charge in [0, 0.05) is 6.54 Å². The van der Waals surface area contributed by atoms with E-state index in [-0.39, 0.29) is 5.60 Å². The Morgan fingerprint density at radius 3 is 3.20 bits per heavy atom. The molecule has 4 rings (SSSR count). The lowest BCUT2D eigenvalue weighted by atomic mass is 9.81. The van der Waals surface area contributed by atoms with Gasteiger partial charge in [0.05, 0.1) is 41.2 Å². The molecule has 1 spiro atoms. The number of ether oxygens (including phenoxy) is 1. The van der Waals surface area contributed by atoms with Gasteiger partial charge < -0.3 is 9.30 Å². The largest absolute Gasteiger partial charge is 0.370 e. The number of rotatable bonds is 2. The maximum atomic E-state index is 9.03. The number of nitriles is 1. The minimum Gasteiger partial charge on any atom is -0.370 e. The molecule has 1 aromatic carbocycles. The van der Waals surface area contributed by atoms with E-state index in [0.29, 0.717) is 11.5 Å². The molecule has 1 aromatic heterocycles. The fourth-order valence-electron chi connectivity index (χ4n) is 3.51. The molecule has 2 heterocycles. The lowest BCUT2D eigenvalue weighted by Crippen LogP contribution is -2.25. The standard InChI is InChI=1S/C16H17N3O/c17-8-12-3-4-14-15(6-12)19(11-18-14)9-13-2-1-5-16(7-13)10-20-16/h3-4,6,11,13H,1-2,5,7,9-10H2/t13-,16-/m0/s1. The number of imidazole rings is 1. The highest BCUT2D eigenvalue weighted by Gasteiger charge is 2.47. The smallest absolute Gasteiger partial charge is 0.0992 e. The highest BCUT2D eigenvalue weighted by atomic mass is 16.6. The Labute approximate surface area is 118 Å². The third kappa shape index (κ3) is 1.99. The van der Waals surface area contributed by atoms with Crippen molar-refractivity contribution in [2.24, 2.45) is 5.92 Å². The van der Waals surface area contributed by atoms with Gasteiger partial charge in [-0.1, -0.05) is 6.42 Å². The molecule has 1 saturated carbocycles. The first kappa shape index (κ1) is 11.9. The number of hydrogen-bond donors (Lipinski definition) is 0. The van der Waals surface area contributed by atoms with E-state index in [1.165, 1.54) is 25.7 Å². The van der Waals surface area contributed by atoms with Crippen LogP contribution in [0.3, 0.4) is 0 Å². The van der Waals surface area contributed by atoms with E-state index in [1.54, 1.807) is 0 Å². The van der Waals surface area contributed by atoms with Crippen LogP contribution in [0.5, 0.6) is 0 Å². The molecule has 4 nitrogen and oxygen atoms in total. The number of benzene rings is 1. The Hall–Kier alpha value is -1.86. The lowest BCUT2D eigenvalue weighted by Gasteiger charge is -2.27. The van der Waals surface area contributed by atoms with Crippen LogP contribution in [0.1, 0.15) is 31.2 Å². The van der Waals surface area contributed by atoms with Gasteiger partial charge in [0.25, 0.3) is 0 Å². The summed E-state index contributed by atoms with van der Waals surface area (Å²) in [6.07, 6.45) is 6.84. The fraction of sp³-hybridized carbons (Fsp3) is 0.500. The van der Waals surface area contributed by atoms with E-state index < -0.39 is 0 Å². The number of fused-ring (bicyclic) bond motifs is 1. The van der Waals surface area contributed by atoms with Crippen molar-refractivity contribution in [3.63, 3.8) is 0 Å². The van der Waals surface area contributed by atoms with E-state index in [9.17, 15) is 0 Å². The molecule has 1 saturated heterocycles. The summed E-state index contributed by atoms with van der Waals surface area (Å²) in [5, 5.41) is 9.03. The number of nitrogens with zero attached hydrogens (tertiary/aromatic N) is 3. The van der Waals surface area contributed by atoms with Gasteiger partial charge in [-0.15, -0.1) is 0 Å². The molecule has 1 aliphatic heterocycles. The summed E-state index contributed by atoms with van der Waals surface area (Å²) < 4.78 is 7.84. The predicted molar refractivity (Wildman–Crippen MR) is 75.1 cm³/mol. The van der Waals surface area contributed by atoms with Gasteiger partial charge in [0.2, 0.25) is 0 Å². The quantitative estimate of drug-likeness (QED) is 0.786. The van der Waals surface area contributed by atoms with Crippen LogP contribution < -0.4 is 0 Å². The minimum absolute atomic E-state index is 0.219. The van der Waals surface area contributed by atoms with E-state index >= 15 is 0 Å². The molecule has 2 fully saturated rings. The molecule has 20 heavy (non-hydrogen) atoms. The van der Waals surface area contributed by atoms with Crippen molar-refractivity contribution in [3.8, 4) is 6.07 Å². The minimum atomic E-state index is 0.219. The van der Waals surface area contributed by atoms with Crippen molar-refractivity contribution in [1.29, 1.82) is 5.26 Å². The topological polar surface area (TPSA) is 54.1 Å². The molecular weight excluding hydrogens is 250 g/mol. The van der Waals surface area contributed by atoms with E-state index in [0.717, 1.165) is 24.2 Å². The normalized spacial score (nSPS) is 28.6. The average Bonchev–Trinajstić information content (AvgIpc) is 3.09. The summed E-state index contributed by atoms with van der Waals surface area (Å²) in [5.74, 6) is 0.661. The molecule has 102 valence electrons. The lowest BCUT2D eigenvalue weighted by molar-refractivity contribution is 0.179. The second-order valence-corrected chi connectivity index (χ2v) is 6.15. The van der Waals surface area contributed by atoms with Gasteiger partial charge in [0.1, 0.15) is 0 Å². The average molecular weight is 267 g/mol. The summed E-state index contributed by atoms with van der Waals surface area (Å²) in [6, 6.07) is 7.89. The number of epoxide rings is 1. The van der Waals surface area contributed by atoms with E-state index in [2.05, 4.69) is 15.6 Å². The van der Waals surface area contributed by atoms with E-state index in [1.807, 2.05) is 24.5 Å². The second-order valence-electron chi connectivity index (χ2n) is 6.15. The van der Waals surface area contributed by atoms with Gasteiger partial charge in [0.15, 0.2) is 0 Å². The predicted octanol–water partition coefficient (Wildman–Crippen LogP) is 2.87. The number of hydrogen-bond acceptors (Lipinski definition) is 3. The van der Waals surface area contributed by atoms with Crippen molar-refractivity contribution in [2.75, 3.05) is 6.61 Å². The molecule has 0 N–H and O–H groups in total. The van der Waals surface area contributed by atoms with Gasteiger partial charge in [-0.3, -0.25) is 0 Å². The zero-order valence-corrected chi connectivity index (χ0v) is 11.4. The maximum Gasteiger partial charge on any atom is 0.0992 e. The molecule has 1 aliphatic carbocycles. The van der Waals surface area contributed by atoms with Crippen LogP contribution in [0.2, 0.25) is 0 Å². The van der Waals surface area contributed by atoms with Crippen LogP contribution in [-0.2, 0) is 11.3 Å². The van der Waals surface area contributed by atoms with Gasteiger partial charge in [-0.05, 0) is 43.4 Å². The molecule has 0 amide bonds. The molecule has 0 unspecified atom stereocenters.